The molecule has 2 heterocycles. The van der Waals surface area contributed by atoms with E-state index in [4.69, 9.17) is 4.98 Å². The monoisotopic (exact) mass is 446 g/mol. The summed E-state index contributed by atoms with van der Waals surface area (Å²) in [5.74, 6) is 1.71. The maximum Gasteiger partial charge on any atom is 0.251 e. The predicted octanol–water partition coefficient (Wildman–Crippen LogP) is 4.27. The van der Waals surface area contributed by atoms with Gasteiger partial charge in [-0.25, -0.2) is 4.98 Å². The normalized spacial score (nSPS) is 14.6. The Morgan fingerprint density at radius 1 is 1.09 bits per heavy atom. The van der Waals surface area contributed by atoms with E-state index >= 15 is 0 Å². The lowest BCUT2D eigenvalue weighted by molar-refractivity contribution is -0.133. The molecule has 0 spiro atoms. The molecule has 0 saturated carbocycles. The Labute approximate surface area is 196 Å². The Morgan fingerprint density at radius 2 is 1.85 bits per heavy atom. The number of benzene rings is 2. The molecule has 2 aromatic carbocycles. The number of hydrogen-bond acceptors (Lipinski definition) is 3. The molecule has 1 aliphatic heterocycles. The number of likely N-dealkylation sites (tertiary alicyclic amines) is 1. The summed E-state index contributed by atoms with van der Waals surface area (Å²) < 4.78 is 2.06. The first-order chi connectivity index (χ1) is 15.9. The Kier molecular flexibility index (Phi) is 7.11. The molecule has 4 rings (SSSR count). The van der Waals surface area contributed by atoms with Crippen molar-refractivity contribution in [3.8, 4) is 0 Å². The second-order valence-corrected chi connectivity index (χ2v) is 9.34. The zero-order valence-corrected chi connectivity index (χ0v) is 19.9. The van der Waals surface area contributed by atoms with Crippen molar-refractivity contribution in [2.24, 2.45) is 5.92 Å². The van der Waals surface area contributed by atoms with Crippen LogP contribution in [-0.4, -0.2) is 45.9 Å². The summed E-state index contributed by atoms with van der Waals surface area (Å²) in [4.78, 5) is 32.4. The number of nitrogens with one attached hydrogen (secondary N) is 1. The quantitative estimate of drug-likeness (QED) is 0.551. The van der Waals surface area contributed by atoms with Crippen LogP contribution in [0.3, 0.4) is 0 Å². The van der Waals surface area contributed by atoms with E-state index in [1.807, 2.05) is 61.2 Å². The Morgan fingerprint density at radius 3 is 2.61 bits per heavy atom. The average Bonchev–Trinajstić information content (AvgIpc) is 3.14. The summed E-state index contributed by atoms with van der Waals surface area (Å²) in [5, 5.41) is 3.03. The zero-order chi connectivity index (χ0) is 23.4. The first-order valence-electron chi connectivity index (χ1n) is 12.0. The minimum Gasteiger partial charge on any atom is -0.352 e. The molecule has 1 aromatic heterocycles. The number of amides is 2. The third kappa shape index (κ3) is 5.44. The van der Waals surface area contributed by atoms with E-state index in [9.17, 15) is 9.59 Å². The van der Waals surface area contributed by atoms with Crippen LogP contribution >= 0.6 is 0 Å². The maximum atomic E-state index is 13.0. The van der Waals surface area contributed by atoms with Gasteiger partial charge < -0.3 is 14.8 Å². The van der Waals surface area contributed by atoms with E-state index in [-0.39, 0.29) is 11.8 Å². The van der Waals surface area contributed by atoms with Crippen LogP contribution in [0.15, 0.2) is 42.5 Å². The smallest absolute Gasteiger partial charge is 0.251 e. The van der Waals surface area contributed by atoms with Gasteiger partial charge in [0.25, 0.3) is 5.91 Å². The van der Waals surface area contributed by atoms with Crippen LogP contribution < -0.4 is 5.32 Å². The number of imidazole rings is 1. The van der Waals surface area contributed by atoms with Crippen molar-refractivity contribution in [3.63, 3.8) is 0 Å². The fraction of sp³-hybridized carbons (Fsp3) is 0.444. The van der Waals surface area contributed by atoms with Crippen molar-refractivity contribution in [1.29, 1.82) is 0 Å². The summed E-state index contributed by atoms with van der Waals surface area (Å²) in [7, 11) is 0. The molecular formula is C27H34N4O2. The standard InChI is InChI=1S/C27H34N4O2/c1-19-12-15-30(16-13-19)26(32)18-31-24-8-5-4-7-23(24)29-25(31)9-6-14-28-27(33)22-11-10-20(2)17-21(22)3/h4-5,7-8,10-11,17,19H,6,9,12-16,18H2,1-3H3,(H,28,33). The molecule has 33 heavy (non-hydrogen) atoms. The Bertz CT molecular complexity index is 1140. The molecule has 0 bridgehead atoms. The second kappa shape index (κ2) is 10.2. The highest BCUT2D eigenvalue weighted by Crippen LogP contribution is 2.20. The van der Waals surface area contributed by atoms with Gasteiger partial charge in [-0.05, 0) is 62.8 Å². The number of carbonyl (C=O) groups is 2. The fourth-order valence-corrected chi connectivity index (χ4v) is 4.60. The van der Waals surface area contributed by atoms with E-state index in [1.54, 1.807) is 0 Å². The molecule has 6 heteroatoms. The molecule has 0 radical (unpaired) electrons. The van der Waals surface area contributed by atoms with E-state index < -0.39 is 0 Å². The van der Waals surface area contributed by atoms with Gasteiger partial charge in [-0.3, -0.25) is 9.59 Å². The fourth-order valence-electron chi connectivity index (χ4n) is 4.60. The molecule has 6 nitrogen and oxygen atoms in total. The molecular weight excluding hydrogens is 412 g/mol. The van der Waals surface area contributed by atoms with Crippen molar-refractivity contribution < 1.29 is 9.59 Å². The van der Waals surface area contributed by atoms with Crippen molar-refractivity contribution in [3.05, 3.63) is 65.0 Å². The Balaban J connectivity index is 1.40. The topological polar surface area (TPSA) is 67.2 Å². The van der Waals surface area contributed by atoms with E-state index in [1.165, 1.54) is 0 Å². The van der Waals surface area contributed by atoms with E-state index in [2.05, 4.69) is 16.8 Å². The van der Waals surface area contributed by atoms with Crippen molar-refractivity contribution in [1.82, 2.24) is 19.8 Å². The van der Waals surface area contributed by atoms with Crippen LogP contribution in [0.2, 0.25) is 0 Å². The van der Waals surface area contributed by atoms with Gasteiger partial charge in [-0.15, -0.1) is 0 Å². The minimum atomic E-state index is -0.0458. The van der Waals surface area contributed by atoms with Gasteiger partial charge in [0, 0.05) is 31.6 Å². The SMILES string of the molecule is Cc1ccc(C(=O)NCCCc2nc3ccccc3n2CC(=O)N2CCC(C)CC2)c(C)c1. The number of fused-ring (bicyclic) bond motifs is 1. The number of hydrogen-bond donors (Lipinski definition) is 1. The van der Waals surface area contributed by atoms with Crippen LogP contribution in [0.1, 0.15) is 53.5 Å². The molecule has 3 aromatic rings. The van der Waals surface area contributed by atoms with Gasteiger partial charge in [-0.1, -0.05) is 36.8 Å². The van der Waals surface area contributed by atoms with Gasteiger partial charge in [0.15, 0.2) is 0 Å². The molecule has 1 N–H and O–H groups in total. The minimum absolute atomic E-state index is 0.0458. The molecule has 0 atom stereocenters. The molecule has 0 unspecified atom stereocenters. The van der Waals surface area contributed by atoms with Gasteiger partial charge >= 0.3 is 0 Å². The third-order valence-corrected chi connectivity index (χ3v) is 6.65. The highest BCUT2D eigenvalue weighted by molar-refractivity contribution is 5.95. The number of carbonyl (C=O) groups excluding carboxylic acids is 2. The summed E-state index contributed by atoms with van der Waals surface area (Å²) >= 11 is 0. The number of aryl methyl sites for hydroxylation is 3. The van der Waals surface area contributed by atoms with E-state index in [0.717, 1.165) is 60.3 Å². The summed E-state index contributed by atoms with van der Waals surface area (Å²) in [6, 6.07) is 13.8. The van der Waals surface area contributed by atoms with Crippen LogP contribution in [0, 0.1) is 19.8 Å². The van der Waals surface area contributed by atoms with Crippen LogP contribution in [0.4, 0.5) is 0 Å². The highest BCUT2D eigenvalue weighted by Gasteiger charge is 2.22. The van der Waals surface area contributed by atoms with Crippen molar-refractivity contribution in [2.45, 2.75) is 53.0 Å². The number of piperidine rings is 1. The van der Waals surface area contributed by atoms with Gasteiger partial charge in [0.05, 0.1) is 11.0 Å². The average molecular weight is 447 g/mol. The number of nitrogens with zero attached hydrogens (tertiary/aromatic N) is 3. The molecule has 174 valence electrons. The summed E-state index contributed by atoms with van der Waals surface area (Å²) in [5.41, 5.74) is 4.75. The first-order valence-corrected chi connectivity index (χ1v) is 12.0. The molecule has 2 amide bonds. The Hall–Kier alpha value is -3.15. The lowest BCUT2D eigenvalue weighted by Gasteiger charge is -2.30. The third-order valence-electron chi connectivity index (χ3n) is 6.65. The van der Waals surface area contributed by atoms with Gasteiger partial charge in [0.1, 0.15) is 12.4 Å². The molecule has 1 saturated heterocycles. The lowest BCUT2D eigenvalue weighted by atomic mass is 9.99. The molecule has 1 aliphatic rings. The van der Waals surface area contributed by atoms with E-state index in [0.29, 0.717) is 31.0 Å². The number of para-hydroxylation sites is 2. The summed E-state index contributed by atoms with van der Waals surface area (Å²) in [6.45, 7) is 8.80. The lowest BCUT2D eigenvalue weighted by Crippen LogP contribution is -2.40. The van der Waals surface area contributed by atoms with Crippen molar-refractivity contribution >= 4 is 22.8 Å². The maximum absolute atomic E-state index is 13.0. The highest BCUT2D eigenvalue weighted by atomic mass is 16.2. The van der Waals surface area contributed by atoms with Gasteiger partial charge in [0.2, 0.25) is 5.91 Å². The zero-order valence-electron chi connectivity index (χ0n) is 19.9. The van der Waals surface area contributed by atoms with Crippen LogP contribution in [0.5, 0.6) is 0 Å². The summed E-state index contributed by atoms with van der Waals surface area (Å²) in [6.07, 6.45) is 3.61. The number of rotatable bonds is 7. The number of aromatic nitrogens is 2. The second-order valence-electron chi connectivity index (χ2n) is 9.34. The first kappa shape index (κ1) is 23.0. The predicted molar refractivity (Wildman–Crippen MR) is 131 cm³/mol. The van der Waals surface area contributed by atoms with Gasteiger partial charge in [-0.2, -0.15) is 0 Å². The largest absolute Gasteiger partial charge is 0.352 e. The van der Waals surface area contributed by atoms with Crippen LogP contribution in [-0.2, 0) is 17.8 Å². The van der Waals surface area contributed by atoms with Crippen LogP contribution in [0.25, 0.3) is 11.0 Å². The van der Waals surface area contributed by atoms with Crippen molar-refractivity contribution in [2.75, 3.05) is 19.6 Å². The molecule has 1 fully saturated rings. The molecule has 0 aliphatic carbocycles.